The molecule has 0 fully saturated rings. The quantitative estimate of drug-likeness (QED) is 0.410. The second-order valence-electron chi connectivity index (χ2n) is 6.53. The van der Waals surface area contributed by atoms with Crippen LogP contribution in [0.2, 0.25) is 15.1 Å². The lowest BCUT2D eigenvalue weighted by Crippen LogP contribution is -2.31. The third-order valence-electron chi connectivity index (χ3n) is 4.42. The first kappa shape index (κ1) is 22.3. The predicted molar refractivity (Wildman–Crippen MR) is 123 cm³/mol. The zero-order chi connectivity index (χ0) is 22.9. The molecule has 0 radical (unpaired) electrons. The van der Waals surface area contributed by atoms with Crippen LogP contribution in [0.1, 0.15) is 10.5 Å². The molecular weight excluding hydrogens is 495 g/mol. The summed E-state index contributed by atoms with van der Waals surface area (Å²) in [5.74, 6) is -0.972. The molecule has 1 aromatic heterocycles. The Kier molecular flexibility index (Phi) is 6.21. The van der Waals surface area contributed by atoms with E-state index >= 15 is 0 Å². The third kappa shape index (κ3) is 4.35. The average Bonchev–Trinajstić information content (AvgIpc) is 3.19. The number of hydrogen-bond acceptors (Lipinski definition) is 5. The Morgan fingerprint density at radius 1 is 0.875 bits per heavy atom. The fourth-order valence-corrected chi connectivity index (χ4v) is 4.96. The van der Waals surface area contributed by atoms with Gasteiger partial charge in [0.15, 0.2) is 5.69 Å². The Morgan fingerprint density at radius 2 is 1.56 bits per heavy atom. The molecule has 0 saturated heterocycles. The van der Waals surface area contributed by atoms with E-state index in [9.17, 15) is 13.2 Å². The monoisotopic (exact) mass is 506 g/mol. The van der Waals surface area contributed by atoms with E-state index in [1.54, 1.807) is 48.5 Å². The molecule has 0 aliphatic rings. The van der Waals surface area contributed by atoms with Crippen LogP contribution in [-0.4, -0.2) is 29.3 Å². The number of carbonyl (C=O) groups is 1. The van der Waals surface area contributed by atoms with Gasteiger partial charge in [-0.3, -0.25) is 4.79 Å². The molecule has 1 heterocycles. The van der Waals surface area contributed by atoms with E-state index in [0.717, 1.165) is 0 Å². The minimum Gasteiger partial charge on any atom is -0.266 e. The number of benzene rings is 3. The smallest absolute Gasteiger partial charge is 0.266 e. The van der Waals surface area contributed by atoms with E-state index in [4.69, 9.17) is 34.8 Å². The molecule has 7 nitrogen and oxygen atoms in total. The summed E-state index contributed by atoms with van der Waals surface area (Å²) in [7, 11) is -4.26. The maximum absolute atomic E-state index is 13.0. The van der Waals surface area contributed by atoms with Gasteiger partial charge in [-0.15, -0.1) is 5.10 Å². The lowest BCUT2D eigenvalue weighted by Gasteiger charge is -2.11. The Labute approximate surface area is 198 Å². The van der Waals surface area contributed by atoms with E-state index in [1.807, 2.05) is 4.72 Å². The van der Waals surface area contributed by atoms with Crippen molar-refractivity contribution in [3.8, 4) is 16.9 Å². The molecule has 0 unspecified atom stereocenters. The molecule has 0 aliphatic carbocycles. The van der Waals surface area contributed by atoms with Crippen LogP contribution in [0.3, 0.4) is 0 Å². The van der Waals surface area contributed by atoms with Gasteiger partial charge in [-0.05, 0) is 30.3 Å². The van der Waals surface area contributed by atoms with E-state index in [2.05, 4.69) is 10.3 Å². The summed E-state index contributed by atoms with van der Waals surface area (Å²) in [6.45, 7) is 0. The summed E-state index contributed by atoms with van der Waals surface area (Å²) < 4.78 is 28.9. The molecule has 11 heteroatoms. The topological polar surface area (TPSA) is 93.9 Å². The number of rotatable bonds is 5. The van der Waals surface area contributed by atoms with Crippen molar-refractivity contribution >= 4 is 50.7 Å². The van der Waals surface area contributed by atoms with Gasteiger partial charge in [0, 0.05) is 10.6 Å². The van der Waals surface area contributed by atoms with E-state index in [1.165, 1.54) is 28.9 Å². The van der Waals surface area contributed by atoms with Crippen molar-refractivity contribution in [1.29, 1.82) is 0 Å². The van der Waals surface area contributed by atoms with Gasteiger partial charge < -0.3 is 0 Å². The predicted octanol–water partition coefficient (Wildman–Crippen LogP) is 5.01. The van der Waals surface area contributed by atoms with Crippen molar-refractivity contribution in [2.24, 2.45) is 0 Å². The molecule has 0 aliphatic heterocycles. The largest absolute Gasteiger partial charge is 0.287 e. The third-order valence-corrected chi connectivity index (χ3v) is 6.79. The molecule has 1 N–H and O–H groups in total. The number of nitrogens with one attached hydrogen (secondary N) is 1. The summed E-state index contributed by atoms with van der Waals surface area (Å²) in [5, 5.41) is 8.67. The van der Waals surface area contributed by atoms with Crippen molar-refractivity contribution in [3.05, 3.63) is 93.6 Å². The van der Waals surface area contributed by atoms with Gasteiger partial charge in [-0.25, -0.2) is 17.8 Å². The number of sulfonamides is 1. The Morgan fingerprint density at radius 3 is 2.25 bits per heavy atom. The maximum atomic E-state index is 13.0. The van der Waals surface area contributed by atoms with E-state index in [-0.39, 0.29) is 26.3 Å². The Hall–Kier alpha value is -2.91. The zero-order valence-electron chi connectivity index (χ0n) is 16.0. The number of hydrogen-bond donors (Lipinski definition) is 1. The van der Waals surface area contributed by atoms with Gasteiger partial charge in [0.2, 0.25) is 0 Å². The van der Waals surface area contributed by atoms with Crippen LogP contribution in [-0.2, 0) is 10.0 Å². The van der Waals surface area contributed by atoms with Crippen LogP contribution < -0.4 is 4.72 Å². The first-order valence-corrected chi connectivity index (χ1v) is 11.7. The fourth-order valence-electron chi connectivity index (χ4n) is 3.00. The minimum atomic E-state index is -4.26. The number of aromatic nitrogens is 3. The number of nitrogens with zero attached hydrogens (tertiary/aromatic N) is 3. The van der Waals surface area contributed by atoms with Crippen molar-refractivity contribution in [1.82, 2.24) is 19.7 Å². The van der Waals surface area contributed by atoms with Crippen LogP contribution in [0.25, 0.3) is 16.9 Å². The molecule has 162 valence electrons. The second-order valence-corrected chi connectivity index (χ2v) is 9.43. The molecule has 32 heavy (non-hydrogen) atoms. The van der Waals surface area contributed by atoms with Crippen molar-refractivity contribution < 1.29 is 13.2 Å². The van der Waals surface area contributed by atoms with Crippen LogP contribution in [0.4, 0.5) is 0 Å². The fraction of sp³-hybridized carbons (Fsp3) is 0. The lowest BCUT2D eigenvalue weighted by atomic mass is 10.1. The SMILES string of the molecule is O=C(NS(=O)(=O)c1ccccc1Cl)c1nnn(-c2ccc(Cl)cc2Cl)c1-c1ccccc1. The van der Waals surface area contributed by atoms with Crippen molar-refractivity contribution in [2.75, 3.05) is 0 Å². The van der Waals surface area contributed by atoms with E-state index in [0.29, 0.717) is 16.3 Å². The summed E-state index contributed by atoms with van der Waals surface area (Å²) in [6.07, 6.45) is 0. The highest BCUT2D eigenvalue weighted by molar-refractivity contribution is 7.90. The Bertz CT molecular complexity index is 1420. The van der Waals surface area contributed by atoms with Gasteiger partial charge in [0.05, 0.1) is 15.7 Å². The molecule has 3 aromatic carbocycles. The summed E-state index contributed by atoms with van der Waals surface area (Å²) in [6, 6.07) is 19.3. The van der Waals surface area contributed by atoms with Gasteiger partial charge in [0.1, 0.15) is 10.6 Å². The average molecular weight is 508 g/mol. The van der Waals surface area contributed by atoms with Gasteiger partial charge in [-0.2, -0.15) is 0 Å². The second kappa shape index (κ2) is 8.91. The molecule has 0 atom stereocenters. The lowest BCUT2D eigenvalue weighted by molar-refractivity contribution is 0.0977. The number of halogens is 3. The first-order chi connectivity index (χ1) is 15.3. The molecule has 4 aromatic rings. The van der Waals surface area contributed by atoms with Crippen LogP contribution in [0.15, 0.2) is 77.7 Å². The van der Waals surface area contributed by atoms with Gasteiger partial charge >= 0.3 is 0 Å². The summed E-state index contributed by atoms with van der Waals surface area (Å²) >= 11 is 18.3. The molecule has 0 bridgehead atoms. The van der Waals surface area contributed by atoms with Crippen molar-refractivity contribution in [2.45, 2.75) is 4.90 Å². The van der Waals surface area contributed by atoms with Crippen LogP contribution in [0.5, 0.6) is 0 Å². The highest BCUT2D eigenvalue weighted by atomic mass is 35.5. The van der Waals surface area contributed by atoms with Gasteiger partial charge in [0.25, 0.3) is 15.9 Å². The Balaban J connectivity index is 1.82. The zero-order valence-corrected chi connectivity index (χ0v) is 19.1. The summed E-state index contributed by atoms with van der Waals surface area (Å²) in [5.41, 5.74) is 1.03. The van der Waals surface area contributed by atoms with Gasteiger partial charge in [-0.1, -0.05) is 82.5 Å². The van der Waals surface area contributed by atoms with Crippen molar-refractivity contribution in [3.63, 3.8) is 0 Å². The highest BCUT2D eigenvalue weighted by Gasteiger charge is 2.28. The van der Waals surface area contributed by atoms with E-state index < -0.39 is 15.9 Å². The maximum Gasteiger partial charge on any atom is 0.287 e. The molecule has 1 amide bonds. The van der Waals surface area contributed by atoms with Crippen LogP contribution in [0, 0.1) is 0 Å². The summed E-state index contributed by atoms with van der Waals surface area (Å²) in [4.78, 5) is 12.8. The minimum absolute atomic E-state index is 0.0207. The number of amides is 1. The molecule has 0 saturated carbocycles. The standard InChI is InChI=1S/C21H13Cl3N4O3S/c22-14-10-11-17(16(24)12-14)28-20(13-6-2-1-3-7-13)19(25-27-28)21(29)26-32(30,31)18-9-5-4-8-15(18)23/h1-12H,(H,26,29). The molecule has 0 spiro atoms. The first-order valence-electron chi connectivity index (χ1n) is 9.06. The molecule has 4 rings (SSSR count). The normalized spacial score (nSPS) is 11.3. The highest BCUT2D eigenvalue weighted by Crippen LogP contribution is 2.30. The molecular formula is C21H13Cl3N4O3S. The number of carbonyl (C=O) groups excluding carboxylic acids is 1. The van der Waals surface area contributed by atoms with Crippen LogP contribution >= 0.6 is 34.8 Å².